The number of nitrogens with zero attached hydrogens (tertiary/aromatic N) is 2. The SMILES string of the molecule is COc1ccc(C(=O)Nc2ccc(F)c([C@@]3(C)N=C(NC(=O)O)C(C)(C)[SH]4(=O)NCC[C@@H]34)c2)nc1. The van der Waals surface area contributed by atoms with Crippen LogP contribution in [0.1, 0.15) is 43.2 Å². The number of benzene rings is 1. The number of thiol groups is 1. The summed E-state index contributed by atoms with van der Waals surface area (Å²) in [5.41, 5.74) is -0.820. The van der Waals surface area contributed by atoms with E-state index in [1.165, 1.54) is 37.6 Å². The van der Waals surface area contributed by atoms with E-state index in [1.807, 2.05) is 0 Å². The molecule has 10 nitrogen and oxygen atoms in total. The molecule has 2 atom stereocenters. The van der Waals surface area contributed by atoms with Crippen LogP contribution in [0.3, 0.4) is 0 Å². The average Bonchev–Trinajstić information content (AvgIpc) is 3.23. The highest BCUT2D eigenvalue weighted by Gasteiger charge is 2.59. The Morgan fingerprint density at radius 1 is 1.23 bits per heavy atom. The van der Waals surface area contributed by atoms with Crippen molar-refractivity contribution in [3.05, 3.63) is 53.6 Å². The van der Waals surface area contributed by atoms with Crippen LogP contribution in [0.2, 0.25) is 0 Å². The first-order valence-corrected chi connectivity index (χ1v) is 12.8. The number of carbonyl (C=O) groups excluding carboxylic acids is 1. The van der Waals surface area contributed by atoms with Gasteiger partial charge in [0, 0.05) is 17.8 Å². The van der Waals surface area contributed by atoms with Gasteiger partial charge in [-0.2, -0.15) is 0 Å². The molecule has 4 N–H and O–H groups in total. The van der Waals surface area contributed by atoms with Gasteiger partial charge in [-0.15, -0.1) is 0 Å². The van der Waals surface area contributed by atoms with Crippen molar-refractivity contribution in [2.75, 3.05) is 19.0 Å². The highest BCUT2D eigenvalue weighted by molar-refractivity contribution is 8.04. The number of carboxylic acid groups (broad SMARTS) is 1. The van der Waals surface area contributed by atoms with Crippen LogP contribution >= 0.6 is 0 Å². The topological polar surface area (TPSA) is 142 Å². The Labute approximate surface area is 202 Å². The van der Waals surface area contributed by atoms with Crippen LogP contribution < -0.4 is 20.1 Å². The summed E-state index contributed by atoms with van der Waals surface area (Å²) in [5.74, 6) is -0.621. The van der Waals surface area contributed by atoms with Crippen molar-refractivity contribution in [1.82, 2.24) is 15.0 Å². The first-order chi connectivity index (χ1) is 16.4. The first kappa shape index (κ1) is 24.7. The number of amides is 2. The summed E-state index contributed by atoms with van der Waals surface area (Å²) in [5, 5.41) is 13.8. The minimum absolute atomic E-state index is 0.00208. The summed E-state index contributed by atoms with van der Waals surface area (Å²) in [6, 6.07) is 7.14. The van der Waals surface area contributed by atoms with Crippen LogP contribution in [0.5, 0.6) is 5.75 Å². The van der Waals surface area contributed by atoms with Gasteiger partial charge in [0.1, 0.15) is 28.6 Å². The molecular weight excluding hydrogens is 477 g/mol. The van der Waals surface area contributed by atoms with Gasteiger partial charge >= 0.3 is 6.09 Å². The molecule has 1 fully saturated rings. The molecule has 1 aromatic carbocycles. The number of fused-ring (bicyclic) bond motifs is 1. The normalized spacial score (nSPS) is 25.1. The van der Waals surface area contributed by atoms with Crippen molar-refractivity contribution in [1.29, 1.82) is 0 Å². The fourth-order valence-corrected chi connectivity index (χ4v) is 8.50. The molecule has 0 saturated carbocycles. The third-order valence-electron chi connectivity index (χ3n) is 6.81. The van der Waals surface area contributed by atoms with E-state index in [1.54, 1.807) is 26.8 Å². The van der Waals surface area contributed by atoms with E-state index in [-0.39, 0.29) is 17.1 Å². The molecule has 3 heterocycles. The van der Waals surface area contributed by atoms with Crippen molar-refractivity contribution in [3.8, 4) is 5.75 Å². The Morgan fingerprint density at radius 2 is 1.97 bits per heavy atom. The van der Waals surface area contributed by atoms with Crippen LogP contribution in [-0.2, 0) is 15.7 Å². The number of hydrogen-bond donors (Lipinski definition) is 5. The Balaban J connectivity index is 1.76. The minimum atomic E-state index is -3.28. The lowest BCUT2D eigenvalue weighted by molar-refractivity contribution is 0.102. The maximum Gasteiger partial charge on any atom is 0.410 e. The van der Waals surface area contributed by atoms with Gasteiger partial charge in [0.2, 0.25) is 0 Å². The van der Waals surface area contributed by atoms with Gasteiger partial charge in [0.15, 0.2) is 0 Å². The zero-order valence-electron chi connectivity index (χ0n) is 19.8. The molecule has 12 heteroatoms. The van der Waals surface area contributed by atoms with E-state index in [4.69, 9.17) is 4.74 Å². The van der Waals surface area contributed by atoms with E-state index in [0.717, 1.165) is 0 Å². The second kappa shape index (κ2) is 8.68. The number of pyridine rings is 1. The van der Waals surface area contributed by atoms with Gasteiger partial charge in [-0.25, -0.2) is 14.2 Å². The van der Waals surface area contributed by atoms with Gasteiger partial charge in [0.25, 0.3) is 5.91 Å². The smallest absolute Gasteiger partial charge is 0.410 e. The maximum absolute atomic E-state index is 15.3. The van der Waals surface area contributed by atoms with Gasteiger partial charge in [0.05, 0.1) is 23.3 Å². The molecule has 4 rings (SSSR count). The Hall–Kier alpha value is -3.38. The van der Waals surface area contributed by atoms with E-state index < -0.39 is 43.5 Å². The highest BCUT2D eigenvalue weighted by atomic mass is 32.3. The number of methoxy groups -OCH3 is 1. The molecule has 1 saturated heterocycles. The fraction of sp³-hybridized carbons (Fsp3) is 0.391. The molecule has 0 spiro atoms. The van der Waals surface area contributed by atoms with Crippen LogP contribution in [0.4, 0.5) is 14.9 Å². The van der Waals surface area contributed by atoms with Gasteiger partial charge in [-0.3, -0.25) is 24.0 Å². The first-order valence-electron chi connectivity index (χ1n) is 11.0. The number of aliphatic imine (C=N–C) groups is 1. The monoisotopic (exact) mass is 505 g/mol. The van der Waals surface area contributed by atoms with Gasteiger partial charge in [-0.1, -0.05) is 0 Å². The molecule has 0 unspecified atom stereocenters. The van der Waals surface area contributed by atoms with Crippen LogP contribution in [0.15, 0.2) is 41.5 Å². The lowest BCUT2D eigenvalue weighted by Crippen LogP contribution is -2.65. The highest BCUT2D eigenvalue weighted by Crippen LogP contribution is 2.49. The lowest BCUT2D eigenvalue weighted by atomic mass is 9.85. The predicted octanol–water partition coefficient (Wildman–Crippen LogP) is 2.45. The molecule has 2 aliphatic rings. The standard InChI is InChI=1S/C23H28FN5O5S/c1-22(2)20(28-21(31)32)29-23(3,18-9-10-26-35(18,22)33)15-11-13(5-7-16(15)24)27-19(30)17-8-6-14(34-4)12-25-17/h5-8,11-12,18,35H,9-10H2,1-4H3,(H,26,33)(H,27,30)(H,28,29)(H,31,32)/t18-,23+/m0/s1. The van der Waals surface area contributed by atoms with Gasteiger partial charge in [-0.05, 0) is 67.6 Å². The molecule has 1 aromatic heterocycles. The number of anilines is 1. The summed E-state index contributed by atoms with van der Waals surface area (Å²) >= 11 is 0. The van der Waals surface area contributed by atoms with E-state index in [0.29, 0.717) is 24.4 Å². The second-order valence-corrected chi connectivity index (χ2v) is 12.6. The number of nitrogens with one attached hydrogen (secondary N) is 3. The van der Waals surface area contributed by atoms with Crippen molar-refractivity contribution >= 4 is 33.6 Å². The summed E-state index contributed by atoms with van der Waals surface area (Å²) in [4.78, 5) is 32.9. The molecule has 2 amide bonds. The van der Waals surface area contributed by atoms with Crippen molar-refractivity contribution in [2.45, 2.75) is 42.7 Å². The van der Waals surface area contributed by atoms with Crippen LogP contribution in [-0.4, -0.2) is 55.8 Å². The van der Waals surface area contributed by atoms with Crippen LogP contribution in [0, 0.1) is 5.82 Å². The summed E-state index contributed by atoms with van der Waals surface area (Å²) < 4.78 is 36.5. The zero-order chi connectivity index (χ0) is 25.6. The fourth-order valence-electron chi connectivity index (χ4n) is 4.83. The number of ether oxygens (including phenoxy) is 1. The molecular formula is C23H28FN5O5S. The number of hydrogen-bond acceptors (Lipinski definition) is 6. The Kier molecular flexibility index (Phi) is 6.14. The zero-order valence-corrected chi connectivity index (χ0v) is 20.6. The number of rotatable bonds is 4. The Bertz CT molecular complexity index is 1270. The number of aromatic nitrogens is 1. The molecule has 2 aliphatic heterocycles. The third-order valence-corrected chi connectivity index (χ3v) is 11.0. The molecule has 0 bridgehead atoms. The third kappa shape index (κ3) is 4.06. The molecule has 35 heavy (non-hydrogen) atoms. The van der Waals surface area contributed by atoms with Crippen molar-refractivity contribution < 1.29 is 28.0 Å². The van der Waals surface area contributed by atoms with E-state index in [2.05, 4.69) is 25.3 Å². The maximum atomic E-state index is 15.3. The van der Waals surface area contributed by atoms with Gasteiger partial charge < -0.3 is 15.2 Å². The predicted molar refractivity (Wildman–Crippen MR) is 131 cm³/mol. The molecule has 0 aliphatic carbocycles. The van der Waals surface area contributed by atoms with Crippen molar-refractivity contribution in [3.63, 3.8) is 0 Å². The number of amidine groups is 1. The van der Waals surface area contributed by atoms with E-state index in [9.17, 15) is 18.9 Å². The van der Waals surface area contributed by atoms with E-state index >= 15 is 4.39 Å². The molecule has 0 radical (unpaired) electrons. The molecule has 188 valence electrons. The summed E-state index contributed by atoms with van der Waals surface area (Å²) in [7, 11) is -1.79. The van der Waals surface area contributed by atoms with Crippen LogP contribution in [0.25, 0.3) is 0 Å². The minimum Gasteiger partial charge on any atom is -0.495 e. The lowest BCUT2D eigenvalue weighted by Gasteiger charge is -2.51. The number of carbonyl (C=O) groups is 2. The Morgan fingerprint density at radius 3 is 2.60 bits per heavy atom. The molecule has 2 aromatic rings. The summed E-state index contributed by atoms with van der Waals surface area (Å²) in [6.45, 7) is 5.41. The number of halogens is 1. The largest absolute Gasteiger partial charge is 0.495 e. The average molecular weight is 506 g/mol. The van der Waals surface area contributed by atoms with Crippen molar-refractivity contribution in [2.24, 2.45) is 4.99 Å². The summed E-state index contributed by atoms with van der Waals surface area (Å²) in [6.07, 6.45) is 0.524. The quantitative estimate of drug-likeness (QED) is 0.404. The second-order valence-electron chi connectivity index (χ2n) is 9.20.